The topological polar surface area (TPSA) is 32.3 Å². The van der Waals surface area contributed by atoms with Crippen LogP contribution in [0.2, 0.25) is 0 Å². The molecule has 102 valence electrons. The zero-order valence-electron chi connectivity index (χ0n) is 11.3. The van der Waals surface area contributed by atoms with Crippen molar-refractivity contribution in [3.8, 4) is 0 Å². The van der Waals surface area contributed by atoms with Gasteiger partial charge in [-0.3, -0.25) is 4.79 Å². The van der Waals surface area contributed by atoms with Crippen molar-refractivity contribution in [1.82, 2.24) is 10.2 Å². The van der Waals surface area contributed by atoms with Gasteiger partial charge in [0.05, 0.1) is 0 Å². The molecule has 1 amide bonds. The first-order chi connectivity index (χ1) is 9.36. The lowest BCUT2D eigenvalue weighted by atomic mass is 9.93. The van der Waals surface area contributed by atoms with E-state index in [4.69, 9.17) is 0 Å². The lowest BCUT2D eigenvalue weighted by molar-refractivity contribution is 0.0563. The van der Waals surface area contributed by atoms with Crippen LogP contribution >= 0.6 is 0 Å². The highest BCUT2D eigenvalue weighted by Crippen LogP contribution is 2.25. The molecular formula is C16H22N2O. The van der Waals surface area contributed by atoms with Gasteiger partial charge in [0.1, 0.15) is 0 Å². The molecular weight excluding hydrogens is 236 g/mol. The van der Waals surface area contributed by atoms with Gasteiger partial charge in [0, 0.05) is 24.2 Å². The van der Waals surface area contributed by atoms with E-state index >= 15 is 0 Å². The summed E-state index contributed by atoms with van der Waals surface area (Å²) in [6.07, 6.45) is 6.00. The minimum Gasteiger partial charge on any atom is -0.334 e. The van der Waals surface area contributed by atoms with Gasteiger partial charge >= 0.3 is 0 Å². The molecule has 3 rings (SSSR count). The van der Waals surface area contributed by atoms with E-state index in [1.54, 1.807) is 0 Å². The van der Waals surface area contributed by atoms with E-state index in [1.807, 2.05) is 30.3 Å². The molecule has 2 heterocycles. The zero-order chi connectivity index (χ0) is 13.1. The summed E-state index contributed by atoms with van der Waals surface area (Å²) < 4.78 is 0. The van der Waals surface area contributed by atoms with Gasteiger partial charge in [-0.25, -0.2) is 0 Å². The second-order valence-corrected chi connectivity index (χ2v) is 5.63. The van der Waals surface area contributed by atoms with Crippen LogP contribution in [-0.4, -0.2) is 36.0 Å². The molecule has 2 saturated heterocycles. The molecule has 3 nitrogen and oxygen atoms in total. The van der Waals surface area contributed by atoms with Gasteiger partial charge in [0.2, 0.25) is 0 Å². The quantitative estimate of drug-likeness (QED) is 0.883. The van der Waals surface area contributed by atoms with Gasteiger partial charge in [-0.2, -0.15) is 0 Å². The van der Waals surface area contributed by atoms with E-state index < -0.39 is 0 Å². The smallest absolute Gasteiger partial charge is 0.254 e. The fraction of sp³-hybridized carbons (Fsp3) is 0.562. The average molecular weight is 258 g/mol. The highest BCUT2D eigenvalue weighted by molar-refractivity contribution is 5.94. The second kappa shape index (κ2) is 5.74. The third-order valence-electron chi connectivity index (χ3n) is 4.39. The van der Waals surface area contributed by atoms with E-state index in [0.29, 0.717) is 12.1 Å². The number of hydrogen-bond donors (Lipinski definition) is 1. The SMILES string of the molecule is O=C(c1ccccc1)N1CCCCC1C1CCCN1. The molecule has 3 heteroatoms. The number of likely N-dealkylation sites (tertiary alicyclic amines) is 1. The molecule has 2 aliphatic rings. The number of piperidine rings is 1. The van der Waals surface area contributed by atoms with E-state index in [9.17, 15) is 4.79 Å². The number of carbonyl (C=O) groups is 1. The van der Waals surface area contributed by atoms with Crippen molar-refractivity contribution in [3.05, 3.63) is 35.9 Å². The maximum Gasteiger partial charge on any atom is 0.254 e. The third kappa shape index (κ3) is 2.66. The highest BCUT2D eigenvalue weighted by Gasteiger charge is 2.34. The Morgan fingerprint density at radius 1 is 1.11 bits per heavy atom. The molecule has 0 aliphatic carbocycles. The number of rotatable bonds is 2. The Hall–Kier alpha value is -1.35. The summed E-state index contributed by atoms with van der Waals surface area (Å²) in [4.78, 5) is 14.8. The van der Waals surface area contributed by atoms with E-state index in [1.165, 1.54) is 19.3 Å². The number of carbonyl (C=O) groups excluding carboxylic acids is 1. The molecule has 2 atom stereocenters. The van der Waals surface area contributed by atoms with Crippen molar-refractivity contribution in [2.45, 2.75) is 44.2 Å². The number of nitrogens with one attached hydrogen (secondary N) is 1. The minimum atomic E-state index is 0.207. The van der Waals surface area contributed by atoms with Crippen LogP contribution in [0.15, 0.2) is 30.3 Å². The molecule has 0 radical (unpaired) electrons. The van der Waals surface area contributed by atoms with E-state index in [-0.39, 0.29) is 5.91 Å². The van der Waals surface area contributed by atoms with Crippen LogP contribution in [0.1, 0.15) is 42.5 Å². The molecule has 0 aromatic heterocycles. The van der Waals surface area contributed by atoms with Gasteiger partial charge in [-0.05, 0) is 50.8 Å². The van der Waals surface area contributed by atoms with Crippen molar-refractivity contribution in [3.63, 3.8) is 0 Å². The highest BCUT2D eigenvalue weighted by atomic mass is 16.2. The summed E-state index contributed by atoms with van der Waals surface area (Å²) in [6.45, 7) is 2.02. The fourth-order valence-electron chi connectivity index (χ4n) is 3.41. The molecule has 2 aliphatic heterocycles. The minimum absolute atomic E-state index is 0.207. The summed E-state index contributed by atoms with van der Waals surface area (Å²) in [5.74, 6) is 0.207. The third-order valence-corrected chi connectivity index (χ3v) is 4.39. The second-order valence-electron chi connectivity index (χ2n) is 5.63. The molecule has 1 aromatic carbocycles. The predicted molar refractivity (Wildman–Crippen MR) is 76.1 cm³/mol. The molecule has 1 N–H and O–H groups in total. The Kier molecular flexibility index (Phi) is 3.83. The van der Waals surface area contributed by atoms with Crippen LogP contribution in [-0.2, 0) is 0 Å². The molecule has 19 heavy (non-hydrogen) atoms. The Morgan fingerprint density at radius 2 is 1.95 bits per heavy atom. The van der Waals surface area contributed by atoms with Crippen molar-refractivity contribution in [2.75, 3.05) is 13.1 Å². The maximum absolute atomic E-state index is 12.7. The van der Waals surface area contributed by atoms with Crippen LogP contribution in [0.25, 0.3) is 0 Å². The van der Waals surface area contributed by atoms with Crippen molar-refractivity contribution < 1.29 is 4.79 Å². The maximum atomic E-state index is 12.7. The van der Waals surface area contributed by atoms with E-state index in [2.05, 4.69) is 10.2 Å². The van der Waals surface area contributed by atoms with Gasteiger partial charge in [0.15, 0.2) is 0 Å². The Bertz CT molecular complexity index is 426. The van der Waals surface area contributed by atoms with Gasteiger partial charge in [-0.1, -0.05) is 18.2 Å². The first-order valence-electron chi connectivity index (χ1n) is 7.45. The monoisotopic (exact) mass is 258 g/mol. The Labute approximate surface area is 115 Å². The first kappa shape index (κ1) is 12.7. The molecule has 0 spiro atoms. The molecule has 0 saturated carbocycles. The van der Waals surface area contributed by atoms with Crippen LogP contribution in [0.3, 0.4) is 0 Å². The normalized spacial score (nSPS) is 27.5. The lowest BCUT2D eigenvalue weighted by Gasteiger charge is -2.39. The Morgan fingerprint density at radius 3 is 2.68 bits per heavy atom. The number of hydrogen-bond acceptors (Lipinski definition) is 2. The summed E-state index contributed by atoms with van der Waals surface area (Å²) in [7, 11) is 0. The van der Waals surface area contributed by atoms with Crippen LogP contribution in [0, 0.1) is 0 Å². The summed E-state index contributed by atoms with van der Waals surface area (Å²) in [5.41, 5.74) is 0.826. The van der Waals surface area contributed by atoms with E-state index in [0.717, 1.165) is 31.5 Å². The molecule has 0 bridgehead atoms. The van der Waals surface area contributed by atoms with Gasteiger partial charge in [-0.15, -0.1) is 0 Å². The average Bonchev–Trinajstić information content (AvgIpc) is 3.01. The lowest BCUT2D eigenvalue weighted by Crippen LogP contribution is -2.52. The Balaban J connectivity index is 1.78. The van der Waals surface area contributed by atoms with Gasteiger partial charge in [0.25, 0.3) is 5.91 Å². The predicted octanol–water partition coefficient (Wildman–Crippen LogP) is 2.43. The number of nitrogens with zero attached hydrogens (tertiary/aromatic N) is 1. The van der Waals surface area contributed by atoms with Crippen LogP contribution in [0.4, 0.5) is 0 Å². The molecule has 2 unspecified atom stereocenters. The van der Waals surface area contributed by atoms with Crippen molar-refractivity contribution in [1.29, 1.82) is 0 Å². The first-order valence-corrected chi connectivity index (χ1v) is 7.45. The summed E-state index contributed by atoms with van der Waals surface area (Å²) in [6, 6.07) is 10.6. The van der Waals surface area contributed by atoms with Crippen molar-refractivity contribution >= 4 is 5.91 Å². The van der Waals surface area contributed by atoms with Crippen LogP contribution in [0.5, 0.6) is 0 Å². The summed E-state index contributed by atoms with van der Waals surface area (Å²) in [5, 5.41) is 3.57. The molecule has 1 aromatic rings. The molecule has 2 fully saturated rings. The van der Waals surface area contributed by atoms with Crippen molar-refractivity contribution in [2.24, 2.45) is 0 Å². The number of benzene rings is 1. The summed E-state index contributed by atoms with van der Waals surface area (Å²) >= 11 is 0. The van der Waals surface area contributed by atoms with Crippen LogP contribution < -0.4 is 5.32 Å². The van der Waals surface area contributed by atoms with Gasteiger partial charge < -0.3 is 10.2 Å². The largest absolute Gasteiger partial charge is 0.334 e. The standard InChI is InChI=1S/C16H22N2O/c19-16(13-7-2-1-3-8-13)18-12-5-4-10-15(18)14-9-6-11-17-14/h1-3,7-8,14-15,17H,4-6,9-12H2. The number of amides is 1. The fourth-order valence-corrected chi connectivity index (χ4v) is 3.41. The zero-order valence-corrected chi connectivity index (χ0v) is 11.3.